The number of rotatable bonds is 6. The maximum atomic E-state index is 12.6. The standard InChI is InChI=1S/C20H20ClN3O3/c1-13(25)23-16-6-8-17(9-7-16)24-19(26)12-18(20(24)27)22-11-10-14-2-4-15(21)5-3-14/h2-9,18,22H,10-12H2,1H3,(H,23,25)/t18-/m1/s1. The van der Waals surface area contributed by atoms with Gasteiger partial charge in [0.25, 0.3) is 5.91 Å². The van der Waals surface area contributed by atoms with Crippen molar-refractivity contribution in [2.45, 2.75) is 25.8 Å². The Morgan fingerprint density at radius 2 is 1.78 bits per heavy atom. The molecule has 1 heterocycles. The van der Waals surface area contributed by atoms with Crippen LogP contribution in [0.4, 0.5) is 11.4 Å². The molecule has 0 unspecified atom stereocenters. The summed E-state index contributed by atoms with van der Waals surface area (Å²) in [6, 6.07) is 13.6. The predicted molar refractivity (Wildman–Crippen MR) is 105 cm³/mol. The van der Waals surface area contributed by atoms with Gasteiger partial charge < -0.3 is 10.6 Å². The van der Waals surface area contributed by atoms with E-state index in [0.717, 1.165) is 12.0 Å². The number of halogens is 1. The van der Waals surface area contributed by atoms with Gasteiger partial charge >= 0.3 is 0 Å². The van der Waals surface area contributed by atoms with Crippen LogP contribution in [0.25, 0.3) is 0 Å². The number of nitrogens with zero attached hydrogens (tertiary/aromatic N) is 1. The third kappa shape index (κ3) is 4.72. The van der Waals surface area contributed by atoms with E-state index in [1.807, 2.05) is 24.3 Å². The Balaban J connectivity index is 1.59. The van der Waals surface area contributed by atoms with Crippen LogP contribution in [0.3, 0.4) is 0 Å². The fraction of sp³-hybridized carbons (Fsp3) is 0.250. The Labute approximate surface area is 162 Å². The molecule has 0 aromatic heterocycles. The maximum Gasteiger partial charge on any atom is 0.251 e. The van der Waals surface area contributed by atoms with E-state index >= 15 is 0 Å². The lowest BCUT2D eigenvalue weighted by Gasteiger charge is -2.16. The maximum absolute atomic E-state index is 12.6. The van der Waals surface area contributed by atoms with Crippen LogP contribution in [-0.2, 0) is 20.8 Å². The van der Waals surface area contributed by atoms with E-state index in [0.29, 0.717) is 22.9 Å². The van der Waals surface area contributed by atoms with Crippen molar-refractivity contribution in [1.29, 1.82) is 0 Å². The highest BCUT2D eigenvalue weighted by Crippen LogP contribution is 2.24. The minimum Gasteiger partial charge on any atom is -0.326 e. The first kappa shape index (κ1) is 19.1. The third-order valence-corrected chi connectivity index (χ3v) is 4.56. The first-order chi connectivity index (χ1) is 12.9. The van der Waals surface area contributed by atoms with E-state index in [2.05, 4.69) is 10.6 Å². The Morgan fingerprint density at radius 3 is 2.41 bits per heavy atom. The zero-order chi connectivity index (χ0) is 19.4. The smallest absolute Gasteiger partial charge is 0.251 e. The SMILES string of the molecule is CC(=O)Nc1ccc(N2C(=O)C[C@@H](NCCc3ccc(Cl)cc3)C2=O)cc1. The minimum atomic E-state index is -0.528. The number of carbonyl (C=O) groups excluding carboxylic acids is 3. The van der Waals surface area contributed by atoms with E-state index in [9.17, 15) is 14.4 Å². The average molecular weight is 386 g/mol. The normalized spacial score (nSPS) is 16.7. The van der Waals surface area contributed by atoms with Gasteiger partial charge in [0.15, 0.2) is 0 Å². The monoisotopic (exact) mass is 385 g/mol. The van der Waals surface area contributed by atoms with Crippen molar-refractivity contribution in [3.8, 4) is 0 Å². The van der Waals surface area contributed by atoms with E-state index in [-0.39, 0.29) is 24.1 Å². The Morgan fingerprint density at radius 1 is 1.11 bits per heavy atom. The van der Waals surface area contributed by atoms with Crippen molar-refractivity contribution in [2.75, 3.05) is 16.8 Å². The molecule has 0 saturated carbocycles. The minimum absolute atomic E-state index is 0.132. The molecular formula is C20H20ClN3O3. The second-order valence-electron chi connectivity index (χ2n) is 6.38. The lowest BCUT2D eigenvalue weighted by atomic mass is 10.1. The molecule has 1 fully saturated rings. The molecule has 1 atom stereocenters. The van der Waals surface area contributed by atoms with Crippen LogP contribution in [0.15, 0.2) is 48.5 Å². The zero-order valence-corrected chi connectivity index (χ0v) is 15.6. The summed E-state index contributed by atoms with van der Waals surface area (Å²) >= 11 is 5.87. The number of nitrogens with one attached hydrogen (secondary N) is 2. The van der Waals surface area contributed by atoms with Crippen LogP contribution in [0.2, 0.25) is 5.02 Å². The van der Waals surface area contributed by atoms with Gasteiger partial charge in [-0.05, 0) is 54.9 Å². The van der Waals surface area contributed by atoms with Gasteiger partial charge in [-0.25, -0.2) is 4.90 Å². The molecule has 0 aliphatic carbocycles. The lowest BCUT2D eigenvalue weighted by molar-refractivity contribution is -0.121. The highest BCUT2D eigenvalue weighted by Gasteiger charge is 2.39. The summed E-state index contributed by atoms with van der Waals surface area (Å²) in [5.41, 5.74) is 2.22. The van der Waals surface area contributed by atoms with Crippen LogP contribution in [0.1, 0.15) is 18.9 Å². The van der Waals surface area contributed by atoms with Gasteiger partial charge in [-0.15, -0.1) is 0 Å². The molecular weight excluding hydrogens is 366 g/mol. The number of amides is 3. The van der Waals surface area contributed by atoms with Gasteiger partial charge in [0, 0.05) is 17.6 Å². The number of benzene rings is 2. The van der Waals surface area contributed by atoms with E-state index in [1.165, 1.54) is 11.8 Å². The number of carbonyl (C=O) groups is 3. The van der Waals surface area contributed by atoms with Gasteiger partial charge in [0.2, 0.25) is 11.8 Å². The van der Waals surface area contributed by atoms with Gasteiger partial charge in [-0.3, -0.25) is 14.4 Å². The van der Waals surface area contributed by atoms with Gasteiger partial charge in [-0.1, -0.05) is 23.7 Å². The summed E-state index contributed by atoms with van der Waals surface area (Å²) in [5.74, 6) is -0.680. The van der Waals surface area contributed by atoms with Crippen molar-refractivity contribution < 1.29 is 14.4 Å². The molecule has 2 aromatic rings. The fourth-order valence-corrected chi connectivity index (χ4v) is 3.13. The van der Waals surface area contributed by atoms with Gasteiger partial charge in [-0.2, -0.15) is 0 Å². The molecule has 7 heteroatoms. The zero-order valence-electron chi connectivity index (χ0n) is 14.9. The summed E-state index contributed by atoms with van der Waals surface area (Å²) in [7, 11) is 0. The van der Waals surface area contributed by atoms with E-state index in [1.54, 1.807) is 24.3 Å². The van der Waals surface area contributed by atoms with Crippen LogP contribution in [0, 0.1) is 0 Å². The number of anilines is 2. The Bertz CT molecular complexity index is 850. The molecule has 0 spiro atoms. The molecule has 1 aliphatic heterocycles. The molecule has 27 heavy (non-hydrogen) atoms. The van der Waals surface area contributed by atoms with Crippen LogP contribution < -0.4 is 15.5 Å². The highest BCUT2D eigenvalue weighted by molar-refractivity contribution is 6.30. The first-order valence-electron chi connectivity index (χ1n) is 8.66. The third-order valence-electron chi connectivity index (χ3n) is 4.31. The molecule has 0 bridgehead atoms. The van der Waals surface area contributed by atoms with Crippen molar-refractivity contribution in [3.05, 3.63) is 59.1 Å². The Hall–Kier alpha value is -2.70. The molecule has 140 valence electrons. The quantitative estimate of drug-likeness (QED) is 0.749. The molecule has 0 radical (unpaired) electrons. The van der Waals surface area contributed by atoms with Crippen molar-refractivity contribution >= 4 is 40.7 Å². The van der Waals surface area contributed by atoms with Crippen molar-refractivity contribution in [3.63, 3.8) is 0 Å². The van der Waals surface area contributed by atoms with Crippen molar-refractivity contribution in [2.24, 2.45) is 0 Å². The molecule has 1 saturated heterocycles. The topological polar surface area (TPSA) is 78.5 Å². The van der Waals surface area contributed by atoms with Crippen LogP contribution in [0.5, 0.6) is 0 Å². The predicted octanol–water partition coefficient (Wildman–Crippen LogP) is 2.76. The van der Waals surface area contributed by atoms with Crippen LogP contribution in [-0.4, -0.2) is 30.3 Å². The van der Waals surface area contributed by atoms with Gasteiger partial charge in [0.1, 0.15) is 0 Å². The first-order valence-corrected chi connectivity index (χ1v) is 9.04. The molecule has 3 amide bonds. The summed E-state index contributed by atoms with van der Waals surface area (Å²) in [6.45, 7) is 2.00. The summed E-state index contributed by atoms with van der Waals surface area (Å²) in [5, 5.41) is 6.50. The van der Waals surface area contributed by atoms with E-state index < -0.39 is 6.04 Å². The molecule has 6 nitrogen and oxygen atoms in total. The molecule has 3 rings (SSSR count). The number of imide groups is 1. The second kappa shape index (κ2) is 8.33. The Kier molecular flexibility index (Phi) is 5.88. The second-order valence-corrected chi connectivity index (χ2v) is 6.82. The molecule has 1 aliphatic rings. The average Bonchev–Trinajstić information content (AvgIpc) is 2.91. The molecule has 2 aromatic carbocycles. The largest absolute Gasteiger partial charge is 0.326 e. The summed E-state index contributed by atoms with van der Waals surface area (Å²) < 4.78 is 0. The number of hydrogen-bond donors (Lipinski definition) is 2. The van der Waals surface area contributed by atoms with Crippen molar-refractivity contribution in [1.82, 2.24) is 5.32 Å². The fourth-order valence-electron chi connectivity index (χ4n) is 3.00. The molecule has 2 N–H and O–H groups in total. The number of hydrogen-bond acceptors (Lipinski definition) is 4. The summed E-state index contributed by atoms with van der Waals surface area (Å²) in [4.78, 5) is 37.2. The van der Waals surface area contributed by atoms with E-state index in [4.69, 9.17) is 11.6 Å². The summed E-state index contributed by atoms with van der Waals surface area (Å²) in [6.07, 6.45) is 0.869. The van der Waals surface area contributed by atoms with Gasteiger partial charge in [0.05, 0.1) is 18.2 Å². The highest BCUT2D eigenvalue weighted by atomic mass is 35.5. The lowest BCUT2D eigenvalue weighted by Crippen LogP contribution is -2.39. The van der Waals surface area contributed by atoms with Crippen LogP contribution >= 0.6 is 11.6 Å².